The zero-order chi connectivity index (χ0) is 17.0. The molecule has 7 heteroatoms. The fraction of sp³-hybridized carbons (Fsp3) is 1.00. The number of hydrogen-bond acceptors (Lipinski definition) is 7. The molecule has 0 aromatic heterocycles. The summed E-state index contributed by atoms with van der Waals surface area (Å²) in [7, 11) is 0. The maximum Gasteiger partial charge on any atom is 0.187 e. The Kier molecular flexibility index (Phi) is 4.51. The minimum atomic E-state index is -1.42. The molecule has 0 aromatic carbocycles. The first kappa shape index (κ1) is 17.5. The summed E-state index contributed by atoms with van der Waals surface area (Å²) >= 11 is 0. The van der Waals surface area contributed by atoms with Crippen molar-refractivity contribution in [3.63, 3.8) is 0 Å². The van der Waals surface area contributed by atoms with Crippen molar-refractivity contribution in [2.75, 3.05) is 6.61 Å². The maximum atomic E-state index is 10.1. The van der Waals surface area contributed by atoms with E-state index in [9.17, 15) is 20.4 Å². The van der Waals surface area contributed by atoms with Crippen LogP contribution in [-0.2, 0) is 14.2 Å². The van der Waals surface area contributed by atoms with Crippen LogP contribution in [0.5, 0.6) is 0 Å². The smallest absolute Gasteiger partial charge is 0.187 e. The highest BCUT2D eigenvalue weighted by Gasteiger charge is 2.56. The number of aliphatic hydroxyl groups is 4. The molecule has 4 fully saturated rings. The highest BCUT2D eigenvalue weighted by atomic mass is 16.7. The summed E-state index contributed by atoms with van der Waals surface area (Å²) in [5, 5.41) is 39.1. The van der Waals surface area contributed by atoms with Crippen molar-refractivity contribution in [2.24, 2.45) is 5.92 Å². The fourth-order valence-electron chi connectivity index (χ4n) is 4.22. The molecule has 4 N–H and O–H groups in total. The van der Waals surface area contributed by atoms with Crippen LogP contribution in [0.4, 0.5) is 0 Å². The highest BCUT2D eigenvalue weighted by Crippen LogP contribution is 2.51. The Morgan fingerprint density at radius 1 is 1.09 bits per heavy atom. The Hall–Kier alpha value is -0.280. The Bertz CT molecular complexity index is 440. The van der Waals surface area contributed by atoms with Crippen molar-refractivity contribution in [3.8, 4) is 0 Å². The first-order chi connectivity index (χ1) is 10.7. The molecular weight excluding hydrogens is 304 g/mol. The molecule has 23 heavy (non-hydrogen) atoms. The third-order valence-corrected chi connectivity index (χ3v) is 5.80. The molecule has 0 radical (unpaired) electrons. The van der Waals surface area contributed by atoms with Crippen LogP contribution in [0.2, 0.25) is 0 Å². The average Bonchev–Trinajstić information content (AvgIpc) is 2.48. The van der Waals surface area contributed by atoms with E-state index in [0.29, 0.717) is 5.92 Å². The van der Waals surface area contributed by atoms with Crippen LogP contribution in [0.25, 0.3) is 0 Å². The molecule has 134 valence electrons. The molecule has 0 amide bonds. The molecular formula is C16H28O7. The van der Waals surface area contributed by atoms with Crippen molar-refractivity contribution in [1.29, 1.82) is 0 Å². The van der Waals surface area contributed by atoms with Gasteiger partial charge in [0.25, 0.3) is 0 Å². The highest BCUT2D eigenvalue weighted by molar-refractivity contribution is 5.04. The summed E-state index contributed by atoms with van der Waals surface area (Å²) in [5.41, 5.74) is -0.681. The summed E-state index contributed by atoms with van der Waals surface area (Å²) < 4.78 is 17.6. The van der Waals surface area contributed by atoms with Gasteiger partial charge in [-0.1, -0.05) is 0 Å². The molecule has 1 aliphatic carbocycles. The van der Waals surface area contributed by atoms with Gasteiger partial charge in [0.1, 0.15) is 24.4 Å². The van der Waals surface area contributed by atoms with Crippen LogP contribution in [0.1, 0.15) is 40.0 Å². The first-order valence-corrected chi connectivity index (χ1v) is 8.34. The molecule has 0 unspecified atom stereocenters. The number of fused-ring (bicyclic) bond motifs is 3. The van der Waals surface area contributed by atoms with Crippen molar-refractivity contribution in [1.82, 2.24) is 0 Å². The summed E-state index contributed by atoms with van der Waals surface area (Å²) in [5.74, 6) is 0.360. The van der Waals surface area contributed by atoms with Gasteiger partial charge in [0.2, 0.25) is 0 Å². The van der Waals surface area contributed by atoms with Crippen LogP contribution in [0.3, 0.4) is 0 Å². The lowest BCUT2D eigenvalue weighted by Crippen LogP contribution is -2.65. The van der Waals surface area contributed by atoms with Crippen LogP contribution in [0, 0.1) is 5.92 Å². The number of hydrogen-bond donors (Lipinski definition) is 4. The van der Waals surface area contributed by atoms with E-state index in [1.165, 1.54) is 0 Å². The molecule has 3 aliphatic heterocycles. The molecule has 8 atom stereocenters. The maximum absolute atomic E-state index is 10.1. The minimum Gasteiger partial charge on any atom is -0.394 e. The normalized spacial score (nSPS) is 52.6. The van der Waals surface area contributed by atoms with Crippen LogP contribution >= 0.6 is 0 Å². The topological polar surface area (TPSA) is 109 Å². The van der Waals surface area contributed by atoms with Gasteiger partial charge in [0, 0.05) is 0 Å². The van der Waals surface area contributed by atoms with Crippen molar-refractivity contribution in [2.45, 2.75) is 88.0 Å². The Balaban J connectivity index is 1.72. The zero-order valence-electron chi connectivity index (χ0n) is 13.9. The van der Waals surface area contributed by atoms with Crippen LogP contribution < -0.4 is 0 Å². The molecule has 2 bridgehead atoms. The molecule has 3 saturated heterocycles. The molecule has 0 aromatic rings. The molecule has 1 saturated carbocycles. The predicted octanol–water partition coefficient (Wildman–Crippen LogP) is -0.461. The van der Waals surface area contributed by atoms with Gasteiger partial charge in [-0.3, -0.25) is 0 Å². The van der Waals surface area contributed by atoms with Gasteiger partial charge in [0.05, 0.1) is 23.9 Å². The van der Waals surface area contributed by atoms with E-state index < -0.39 is 42.9 Å². The molecule has 0 spiro atoms. The lowest BCUT2D eigenvalue weighted by atomic mass is 9.67. The van der Waals surface area contributed by atoms with E-state index >= 15 is 0 Å². The number of rotatable bonds is 3. The van der Waals surface area contributed by atoms with Gasteiger partial charge < -0.3 is 34.6 Å². The standard InChI is InChI=1S/C16H28O7/c1-15(2)8-4-5-16(3,23-15)10(6-8)22-14-13(20)12(19)11(18)9(7-17)21-14/h8-14,17-20H,4-7H2,1-3H3/t8-,9-,10+,11-,12+,13-,14+,16+/m1/s1. The quantitative estimate of drug-likeness (QED) is 0.554. The Morgan fingerprint density at radius 3 is 2.35 bits per heavy atom. The van der Waals surface area contributed by atoms with Gasteiger partial charge in [0.15, 0.2) is 6.29 Å². The molecule has 3 heterocycles. The summed E-state index contributed by atoms with van der Waals surface area (Å²) in [4.78, 5) is 0. The van der Waals surface area contributed by atoms with Gasteiger partial charge in [-0.05, 0) is 46.0 Å². The van der Waals surface area contributed by atoms with Gasteiger partial charge in [-0.2, -0.15) is 0 Å². The Morgan fingerprint density at radius 2 is 1.78 bits per heavy atom. The second-order valence-electron chi connectivity index (χ2n) is 7.81. The second kappa shape index (κ2) is 5.91. The van der Waals surface area contributed by atoms with Crippen molar-refractivity contribution < 1.29 is 34.6 Å². The molecule has 4 rings (SSSR count). The van der Waals surface area contributed by atoms with Crippen molar-refractivity contribution >= 4 is 0 Å². The van der Waals surface area contributed by atoms with E-state index in [1.807, 2.05) is 6.92 Å². The number of ether oxygens (including phenoxy) is 3. The molecule has 7 nitrogen and oxygen atoms in total. The lowest BCUT2D eigenvalue weighted by molar-refractivity contribution is -0.353. The molecule has 4 aliphatic rings. The lowest BCUT2D eigenvalue weighted by Gasteiger charge is -2.58. The van der Waals surface area contributed by atoms with Crippen LogP contribution in [0.15, 0.2) is 0 Å². The largest absolute Gasteiger partial charge is 0.394 e. The average molecular weight is 332 g/mol. The van der Waals surface area contributed by atoms with Crippen LogP contribution in [-0.4, -0.2) is 75.0 Å². The summed E-state index contributed by atoms with van der Waals surface area (Å²) in [6.45, 7) is 5.70. The predicted molar refractivity (Wildman–Crippen MR) is 79.6 cm³/mol. The Labute approximate surface area is 136 Å². The third kappa shape index (κ3) is 2.93. The first-order valence-electron chi connectivity index (χ1n) is 8.34. The van der Waals surface area contributed by atoms with Crippen molar-refractivity contribution in [3.05, 3.63) is 0 Å². The summed E-state index contributed by atoms with van der Waals surface area (Å²) in [6.07, 6.45) is -3.76. The van der Waals surface area contributed by atoms with Gasteiger partial charge in [-0.15, -0.1) is 0 Å². The third-order valence-electron chi connectivity index (χ3n) is 5.80. The SMILES string of the molecule is CC1(C)O[C@@]2(C)CC[C@@H]1C[C@@H]2O[C@@H]1O[C@H](CO)[C@@H](O)[C@H](O)[C@H]1O. The summed E-state index contributed by atoms with van der Waals surface area (Å²) in [6, 6.07) is 0. The zero-order valence-corrected chi connectivity index (χ0v) is 13.9. The minimum absolute atomic E-state index is 0.206. The fourth-order valence-corrected chi connectivity index (χ4v) is 4.22. The van der Waals surface area contributed by atoms with Gasteiger partial charge >= 0.3 is 0 Å². The monoisotopic (exact) mass is 332 g/mol. The van der Waals surface area contributed by atoms with E-state index in [1.54, 1.807) is 0 Å². The van der Waals surface area contributed by atoms with E-state index in [4.69, 9.17) is 14.2 Å². The van der Waals surface area contributed by atoms with E-state index in [2.05, 4.69) is 13.8 Å². The van der Waals surface area contributed by atoms with E-state index in [-0.39, 0.29) is 11.7 Å². The number of aliphatic hydroxyl groups excluding tert-OH is 4. The van der Waals surface area contributed by atoms with E-state index in [0.717, 1.165) is 19.3 Å². The second-order valence-corrected chi connectivity index (χ2v) is 7.81. The van der Waals surface area contributed by atoms with Gasteiger partial charge in [-0.25, -0.2) is 0 Å².